The first-order valence-electron chi connectivity index (χ1n) is 3.60. The fourth-order valence-electron chi connectivity index (χ4n) is 1.24. The largest absolute Gasteiger partial charge is 0.229 e. The Balaban J connectivity index is 2.48. The highest BCUT2D eigenvalue weighted by atomic mass is 32.2. The van der Waals surface area contributed by atoms with E-state index in [1.54, 1.807) is 0 Å². The van der Waals surface area contributed by atoms with Gasteiger partial charge in [0.25, 0.3) is 0 Å². The van der Waals surface area contributed by atoms with Crippen molar-refractivity contribution in [2.75, 3.05) is 0 Å². The SMILES string of the molecule is CC1=CC=CC2=NSNC12C. The van der Waals surface area contributed by atoms with Crippen LogP contribution in [0.1, 0.15) is 13.8 Å². The van der Waals surface area contributed by atoms with Gasteiger partial charge in [0.05, 0.1) is 23.4 Å². The minimum absolute atomic E-state index is 0.0145. The molecule has 0 amide bonds. The molecule has 0 aromatic carbocycles. The van der Waals surface area contributed by atoms with Gasteiger partial charge >= 0.3 is 0 Å². The van der Waals surface area contributed by atoms with Crippen LogP contribution in [0.15, 0.2) is 28.2 Å². The summed E-state index contributed by atoms with van der Waals surface area (Å²) in [5.41, 5.74) is 2.44. The molecule has 0 fully saturated rings. The first kappa shape index (κ1) is 7.13. The molecule has 58 valence electrons. The summed E-state index contributed by atoms with van der Waals surface area (Å²) >= 11 is 1.43. The molecule has 1 aliphatic carbocycles. The van der Waals surface area contributed by atoms with Gasteiger partial charge in [-0.3, -0.25) is 0 Å². The van der Waals surface area contributed by atoms with Gasteiger partial charge in [0.15, 0.2) is 0 Å². The van der Waals surface area contributed by atoms with Crippen molar-refractivity contribution in [2.45, 2.75) is 19.4 Å². The Bertz CT molecular complexity index is 278. The van der Waals surface area contributed by atoms with Gasteiger partial charge in [-0.25, -0.2) is 9.12 Å². The van der Waals surface area contributed by atoms with Gasteiger partial charge in [-0.05, 0) is 25.5 Å². The van der Waals surface area contributed by atoms with E-state index in [2.05, 4.69) is 35.1 Å². The molecule has 0 bridgehead atoms. The van der Waals surface area contributed by atoms with Crippen molar-refractivity contribution in [1.29, 1.82) is 0 Å². The second-order valence-electron chi connectivity index (χ2n) is 3.00. The molecule has 1 heterocycles. The van der Waals surface area contributed by atoms with Crippen LogP contribution in [0.5, 0.6) is 0 Å². The molecule has 1 unspecified atom stereocenters. The third-order valence-corrected chi connectivity index (χ3v) is 3.08. The van der Waals surface area contributed by atoms with Crippen molar-refractivity contribution in [2.24, 2.45) is 4.40 Å². The number of rotatable bonds is 0. The van der Waals surface area contributed by atoms with Crippen LogP contribution in [0.3, 0.4) is 0 Å². The highest BCUT2D eigenvalue weighted by Crippen LogP contribution is 2.31. The minimum Gasteiger partial charge on any atom is -0.229 e. The quantitative estimate of drug-likeness (QED) is 0.555. The van der Waals surface area contributed by atoms with Crippen LogP contribution in [0.25, 0.3) is 0 Å². The average Bonchev–Trinajstić information content (AvgIpc) is 2.34. The van der Waals surface area contributed by atoms with E-state index in [0.29, 0.717) is 0 Å². The number of hydrogen-bond acceptors (Lipinski definition) is 3. The van der Waals surface area contributed by atoms with Crippen molar-refractivity contribution < 1.29 is 0 Å². The lowest BCUT2D eigenvalue weighted by Crippen LogP contribution is -2.43. The van der Waals surface area contributed by atoms with E-state index in [-0.39, 0.29) is 5.54 Å². The van der Waals surface area contributed by atoms with E-state index < -0.39 is 0 Å². The smallest absolute Gasteiger partial charge is 0.0910 e. The van der Waals surface area contributed by atoms with Crippen LogP contribution in [0, 0.1) is 0 Å². The molecule has 0 saturated heterocycles. The van der Waals surface area contributed by atoms with Crippen LogP contribution in [0.4, 0.5) is 0 Å². The van der Waals surface area contributed by atoms with E-state index in [1.807, 2.05) is 6.08 Å². The van der Waals surface area contributed by atoms with E-state index in [9.17, 15) is 0 Å². The normalized spacial score (nSPS) is 34.7. The summed E-state index contributed by atoms with van der Waals surface area (Å²) < 4.78 is 7.55. The van der Waals surface area contributed by atoms with Crippen LogP contribution in [-0.2, 0) is 0 Å². The van der Waals surface area contributed by atoms with Gasteiger partial charge in [-0.1, -0.05) is 12.2 Å². The van der Waals surface area contributed by atoms with Crippen molar-refractivity contribution in [3.8, 4) is 0 Å². The Morgan fingerprint density at radius 1 is 1.64 bits per heavy atom. The fourth-order valence-corrected chi connectivity index (χ4v) is 2.07. The van der Waals surface area contributed by atoms with Gasteiger partial charge in [0, 0.05) is 0 Å². The molecule has 2 aliphatic rings. The molecule has 1 N–H and O–H groups in total. The molecule has 2 rings (SSSR count). The Kier molecular flexibility index (Phi) is 1.44. The monoisotopic (exact) mass is 166 g/mol. The molecular weight excluding hydrogens is 156 g/mol. The van der Waals surface area contributed by atoms with E-state index in [4.69, 9.17) is 0 Å². The third kappa shape index (κ3) is 0.880. The van der Waals surface area contributed by atoms with E-state index in [1.165, 1.54) is 17.7 Å². The van der Waals surface area contributed by atoms with Crippen molar-refractivity contribution in [1.82, 2.24) is 4.72 Å². The zero-order valence-electron chi connectivity index (χ0n) is 6.59. The second-order valence-corrected chi connectivity index (χ2v) is 3.57. The third-order valence-electron chi connectivity index (χ3n) is 2.30. The lowest BCUT2D eigenvalue weighted by molar-refractivity contribution is 0.688. The van der Waals surface area contributed by atoms with Crippen LogP contribution in [-0.4, -0.2) is 11.3 Å². The number of hydrogen-bond donors (Lipinski definition) is 1. The van der Waals surface area contributed by atoms with Crippen LogP contribution in [0.2, 0.25) is 0 Å². The summed E-state index contributed by atoms with van der Waals surface area (Å²) in [5, 5.41) is 0. The Morgan fingerprint density at radius 3 is 3.18 bits per heavy atom. The van der Waals surface area contributed by atoms with Crippen molar-refractivity contribution in [3.63, 3.8) is 0 Å². The number of allylic oxidation sites excluding steroid dienone is 2. The molecule has 0 radical (unpaired) electrons. The fraction of sp³-hybridized carbons (Fsp3) is 0.375. The molecule has 1 aliphatic heterocycles. The predicted octanol–water partition coefficient (Wildman–Crippen LogP) is 1.87. The summed E-state index contributed by atoms with van der Waals surface area (Å²) in [4.78, 5) is 0. The van der Waals surface area contributed by atoms with Crippen molar-refractivity contribution >= 4 is 17.8 Å². The number of nitrogens with one attached hydrogen (secondary N) is 1. The maximum absolute atomic E-state index is 4.27. The number of nitrogens with zero attached hydrogens (tertiary/aromatic N) is 1. The molecule has 2 nitrogen and oxygen atoms in total. The summed E-state index contributed by atoms with van der Waals surface area (Å²) in [6, 6.07) is 0. The minimum atomic E-state index is -0.0145. The standard InChI is InChI=1S/C8H10N2S/c1-6-4-3-5-7-8(6,2)10-11-9-7/h3-5,10H,1-2H3. The Labute approximate surface area is 70.7 Å². The Morgan fingerprint density at radius 2 is 2.45 bits per heavy atom. The van der Waals surface area contributed by atoms with Gasteiger partial charge in [-0.2, -0.15) is 0 Å². The molecule has 0 aromatic heterocycles. The second kappa shape index (κ2) is 2.22. The lowest BCUT2D eigenvalue weighted by atomic mass is 9.85. The molecule has 0 spiro atoms. The predicted molar refractivity (Wildman–Crippen MR) is 49.5 cm³/mol. The molecule has 11 heavy (non-hydrogen) atoms. The zero-order chi connectivity index (χ0) is 7.90. The number of fused-ring (bicyclic) bond motifs is 1. The maximum Gasteiger partial charge on any atom is 0.0910 e. The molecule has 0 aromatic rings. The summed E-state index contributed by atoms with van der Waals surface area (Å²) in [6.45, 7) is 4.28. The molecule has 1 atom stereocenters. The zero-order valence-corrected chi connectivity index (χ0v) is 7.40. The van der Waals surface area contributed by atoms with Gasteiger partial charge in [-0.15, -0.1) is 0 Å². The average molecular weight is 166 g/mol. The summed E-state index contributed by atoms with van der Waals surface area (Å²) in [6.07, 6.45) is 6.22. The highest BCUT2D eigenvalue weighted by molar-refractivity contribution is 7.96. The van der Waals surface area contributed by atoms with Gasteiger partial charge in [0.2, 0.25) is 0 Å². The van der Waals surface area contributed by atoms with Gasteiger partial charge < -0.3 is 0 Å². The Hall–Kier alpha value is -0.540. The van der Waals surface area contributed by atoms with Gasteiger partial charge in [0.1, 0.15) is 0 Å². The topological polar surface area (TPSA) is 24.4 Å². The van der Waals surface area contributed by atoms with E-state index in [0.717, 1.165) is 5.71 Å². The highest BCUT2D eigenvalue weighted by Gasteiger charge is 2.36. The molecule has 3 heteroatoms. The maximum atomic E-state index is 4.27. The van der Waals surface area contributed by atoms with E-state index >= 15 is 0 Å². The lowest BCUT2D eigenvalue weighted by Gasteiger charge is -2.27. The van der Waals surface area contributed by atoms with Crippen LogP contribution < -0.4 is 4.72 Å². The first-order valence-corrected chi connectivity index (χ1v) is 4.38. The summed E-state index contributed by atoms with van der Waals surface area (Å²) in [5.74, 6) is 0. The van der Waals surface area contributed by atoms with Crippen LogP contribution >= 0.6 is 12.1 Å². The molecular formula is C8H10N2S. The molecule has 0 saturated carbocycles. The first-order chi connectivity index (χ1) is 5.23. The summed E-state index contributed by atoms with van der Waals surface area (Å²) in [7, 11) is 0. The van der Waals surface area contributed by atoms with Crippen molar-refractivity contribution in [3.05, 3.63) is 23.8 Å².